The van der Waals surface area contributed by atoms with Crippen LogP contribution in [-0.4, -0.2) is 91.2 Å². The van der Waals surface area contributed by atoms with Gasteiger partial charge < -0.3 is 44.1 Å². The Balaban J connectivity index is 1.43. The lowest BCUT2D eigenvalue weighted by atomic mass is 9.77. The number of aliphatic hydroxyl groups excluding tert-OH is 2. The van der Waals surface area contributed by atoms with Crippen LogP contribution in [0.4, 0.5) is 0 Å². The molecule has 5 unspecified atom stereocenters. The van der Waals surface area contributed by atoms with Crippen LogP contribution in [0.1, 0.15) is 40.2 Å². The van der Waals surface area contributed by atoms with Gasteiger partial charge in [0, 0.05) is 36.4 Å². The molecule has 1 fully saturated rings. The zero-order chi connectivity index (χ0) is 29.4. The Hall–Kier alpha value is -4.13. The third-order valence-corrected chi connectivity index (χ3v) is 8.05. The van der Waals surface area contributed by atoms with Crippen molar-refractivity contribution in [3.05, 3.63) is 58.7 Å². The van der Waals surface area contributed by atoms with E-state index in [2.05, 4.69) is 5.32 Å². The van der Waals surface area contributed by atoms with Crippen LogP contribution in [0.3, 0.4) is 0 Å². The van der Waals surface area contributed by atoms with E-state index in [-0.39, 0.29) is 43.7 Å². The van der Waals surface area contributed by atoms with E-state index in [0.717, 1.165) is 12.0 Å². The molecule has 2 aromatic carbocycles. The molecule has 1 aliphatic carbocycles. The van der Waals surface area contributed by atoms with Gasteiger partial charge in [-0.15, -0.1) is 0 Å². The maximum atomic E-state index is 13.9. The number of aldehydes is 1. The van der Waals surface area contributed by atoms with E-state index in [0.29, 0.717) is 47.7 Å². The van der Waals surface area contributed by atoms with E-state index in [4.69, 9.17) is 23.7 Å². The highest BCUT2D eigenvalue weighted by molar-refractivity contribution is 5.96. The summed E-state index contributed by atoms with van der Waals surface area (Å²) in [5, 5.41) is 23.9. The fraction of sp³-hybridized carbons (Fsp3) is 0.433. The van der Waals surface area contributed by atoms with Crippen molar-refractivity contribution in [3.63, 3.8) is 0 Å². The zero-order valence-electron chi connectivity index (χ0n) is 23.0. The third-order valence-electron chi connectivity index (χ3n) is 8.05. The van der Waals surface area contributed by atoms with Crippen LogP contribution in [0.2, 0.25) is 0 Å². The summed E-state index contributed by atoms with van der Waals surface area (Å²) in [6.07, 6.45) is 0.580. The number of aliphatic hydroxyl groups is 2. The minimum atomic E-state index is -1.26. The first-order chi connectivity index (χ1) is 20.4. The van der Waals surface area contributed by atoms with E-state index < -0.39 is 36.2 Å². The number of hydrogen-bond acceptors (Lipinski definition) is 10. The summed E-state index contributed by atoms with van der Waals surface area (Å²) in [4.78, 5) is 40.7. The lowest BCUT2D eigenvalue weighted by molar-refractivity contribution is -0.147. The summed E-state index contributed by atoms with van der Waals surface area (Å²) in [5.41, 5.74) is 1.80. The van der Waals surface area contributed by atoms with Gasteiger partial charge in [0.15, 0.2) is 23.0 Å². The molecule has 2 aromatic rings. The number of methoxy groups -OCH3 is 1. The molecular formula is C30H32N2O10. The van der Waals surface area contributed by atoms with Crippen LogP contribution in [0.5, 0.6) is 23.0 Å². The smallest absolute Gasteiger partial charge is 0.252 e. The molecule has 3 aliphatic heterocycles. The fourth-order valence-electron chi connectivity index (χ4n) is 6.08. The second-order valence-corrected chi connectivity index (χ2v) is 10.6. The Labute approximate surface area is 241 Å². The molecule has 12 heteroatoms. The van der Waals surface area contributed by atoms with Crippen LogP contribution in [0.25, 0.3) is 0 Å². The van der Waals surface area contributed by atoms with Crippen molar-refractivity contribution in [1.29, 1.82) is 0 Å². The molecule has 1 saturated heterocycles. The number of amides is 2. The number of nitrogens with zero attached hydrogens (tertiary/aromatic N) is 1. The second kappa shape index (κ2) is 11.6. The van der Waals surface area contributed by atoms with Gasteiger partial charge in [-0.25, -0.2) is 0 Å². The molecule has 222 valence electrons. The van der Waals surface area contributed by atoms with Crippen LogP contribution in [0.15, 0.2) is 42.0 Å². The molecule has 12 nitrogen and oxygen atoms in total. The molecule has 3 N–H and O–H groups in total. The predicted molar refractivity (Wildman–Crippen MR) is 146 cm³/mol. The Morgan fingerprint density at radius 2 is 2.02 bits per heavy atom. The van der Waals surface area contributed by atoms with Crippen molar-refractivity contribution in [2.24, 2.45) is 0 Å². The number of nitrogens with one attached hydrogen (secondary N) is 1. The number of hydrogen-bond donors (Lipinski definition) is 3. The summed E-state index contributed by atoms with van der Waals surface area (Å²) in [7, 11) is 1.44. The molecule has 6 rings (SSSR count). The van der Waals surface area contributed by atoms with Gasteiger partial charge in [0.1, 0.15) is 24.6 Å². The summed E-state index contributed by atoms with van der Waals surface area (Å²) in [5.74, 6) is 0.171. The van der Waals surface area contributed by atoms with E-state index in [1.165, 1.54) is 18.1 Å². The van der Waals surface area contributed by atoms with Crippen molar-refractivity contribution in [1.82, 2.24) is 10.2 Å². The largest absolute Gasteiger partial charge is 0.493 e. The first-order valence-corrected chi connectivity index (χ1v) is 13.9. The maximum absolute atomic E-state index is 13.9. The third kappa shape index (κ3) is 4.95. The average molecular weight is 581 g/mol. The summed E-state index contributed by atoms with van der Waals surface area (Å²) < 4.78 is 28.4. The topological polar surface area (TPSA) is 153 Å². The molecule has 0 bridgehead atoms. The minimum absolute atomic E-state index is 0.00193. The zero-order valence-corrected chi connectivity index (χ0v) is 23.0. The molecule has 2 amide bonds. The highest BCUT2D eigenvalue weighted by Gasteiger charge is 2.52. The number of benzene rings is 2. The molecule has 3 heterocycles. The molecule has 0 radical (unpaired) electrons. The van der Waals surface area contributed by atoms with Crippen molar-refractivity contribution >= 4 is 18.1 Å². The number of carbonyl (C=O) groups is 3. The van der Waals surface area contributed by atoms with Crippen LogP contribution >= 0.6 is 0 Å². The lowest BCUT2D eigenvalue weighted by Crippen LogP contribution is -2.57. The van der Waals surface area contributed by atoms with Gasteiger partial charge in [0.25, 0.3) is 5.91 Å². The molecule has 0 spiro atoms. The normalized spacial score (nSPS) is 25.1. The van der Waals surface area contributed by atoms with Crippen molar-refractivity contribution < 1.29 is 48.3 Å². The second-order valence-electron chi connectivity index (χ2n) is 10.6. The van der Waals surface area contributed by atoms with Gasteiger partial charge >= 0.3 is 0 Å². The summed E-state index contributed by atoms with van der Waals surface area (Å²) in [6.45, 7) is 0.366. The first kappa shape index (κ1) is 28.0. The Kier molecular flexibility index (Phi) is 7.76. The van der Waals surface area contributed by atoms with Crippen LogP contribution in [0, 0.1) is 0 Å². The van der Waals surface area contributed by atoms with Gasteiger partial charge in [-0.1, -0.05) is 6.07 Å². The summed E-state index contributed by atoms with van der Waals surface area (Å²) >= 11 is 0. The molecule has 0 saturated carbocycles. The van der Waals surface area contributed by atoms with Crippen LogP contribution in [-0.2, 0) is 20.9 Å². The lowest BCUT2D eigenvalue weighted by Gasteiger charge is -2.41. The minimum Gasteiger partial charge on any atom is -0.493 e. The van der Waals surface area contributed by atoms with Gasteiger partial charge in [-0.2, -0.15) is 0 Å². The van der Waals surface area contributed by atoms with Gasteiger partial charge in [-0.05, 0) is 48.7 Å². The molecule has 5 atom stereocenters. The first-order valence-electron chi connectivity index (χ1n) is 13.9. The van der Waals surface area contributed by atoms with Crippen LogP contribution < -0.4 is 24.3 Å². The molecule has 4 aliphatic rings. The van der Waals surface area contributed by atoms with E-state index in [1.807, 2.05) is 6.07 Å². The van der Waals surface area contributed by atoms with E-state index in [9.17, 15) is 24.6 Å². The Bertz CT molecular complexity index is 1420. The molecule has 42 heavy (non-hydrogen) atoms. The van der Waals surface area contributed by atoms with Crippen molar-refractivity contribution in [2.45, 2.75) is 49.7 Å². The number of carbonyl (C=O) groups excluding carboxylic acids is 3. The monoisotopic (exact) mass is 580 g/mol. The predicted octanol–water partition coefficient (Wildman–Crippen LogP) is 1.07. The van der Waals surface area contributed by atoms with Gasteiger partial charge in [0.05, 0.1) is 25.7 Å². The SMILES string of the molecule is COc1cc(C=O)cc2c1OC1C2C(C(=O)NCCO)=CC(N(Cc2ccc3c(c2)OCO3)C(=O)C2CCCO2)C1O. The Morgan fingerprint density at radius 1 is 1.19 bits per heavy atom. The molecular weight excluding hydrogens is 548 g/mol. The fourth-order valence-corrected chi connectivity index (χ4v) is 6.08. The standard InChI is InChI=1S/C30H32N2O10/c1-38-24-11-17(14-34)9-18-25-19(29(36)31-6-7-33)12-20(26(35)28(25)42-27(18)24)32(30(37)22-3-2-8-39-22)13-16-4-5-21-23(10-16)41-15-40-21/h4-5,9-12,14,20,22,25-26,28,33,35H,2-3,6-8,13,15H2,1H3,(H,31,36). The van der Waals surface area contributed by atoms with E-state index >= 15 is 0 Å². The van der Waals surface area contributed by atoms with Gasteiger partial charge in [0.2, 0.25) is 12.7 Å². The molecule has 0 aromatic heterocycles. The highest BCUT2D eigenvalue weighted by Crippen LogP contribution is 2.51. The number of rotatable bonds is 9. The number of ether oxygens (including phenoxy) is 5. The maximum Gasteiger partial charge on any atom is 0.252 e. The van der Waals surface area contributed by atoms with Crippen molar-refractivity contribution in [3.8, 4) is 23.0 Å². The number of fused-ring (bicyclic) bond motifs is 4. The van der Waals surface area contributed by atoms with E-state index in [1.54, 1.807) is 24.3 Å². The van der Waals surface area contributed by atoms with Gasteiger partial charge in [-0.3, -0.25) is 14.4 Å². The van der Waals surface area contributed by atoms with Crippen molar-refractivity contribution in [2.75, 3.05) is 33.7 Å². The highest BCUT2D eigenvalue weighted by atomic mass is 16.7. The quantitative estimate of drug-likeness (QED) is 0.367. The average Bonchev–Trinajstić information content (AvgIpc) is 3.78. The Morgan fingerprint density at radius 3 is 2.76 bits per heavy atom. The summed E-state index contributed by atoms with van der Waals surface area (Å²) in [6, 6.07) is 7.51.